The number of fused-ring (bicyclic) bond motifs is 5. The summed E-state index contributed by atoms with van der Waals surface area (Å²) in [5, 5.41) is 0. The first-order chi connectivity index (χ1) is 12.6. The Morgan fingerprint density at radius 3 is 2.35 bits per heavy atom. The van der Waals surface area contributed by atoms with E-state index in [4.69, 9.17) is 0 Å². The van der Waals surface area contributed by atoms with Crippen LogP contribution in [0.2, 0.25) is 0 Å². The highest BCUT2D eigenvalue weighted by Gasteiger charge is 2.64. The summed E-state index contributed by atoms with van der Waals surface area (Å²) in [7, 11) is 0. The predicted octanol–water partition coefficient (Wildman–Crippen LogP) is 4.23. The molecule has 2 aromatic carbocycles. The van der Waals surface area contributed by atoms with E-state index in [0.717, 1.165) is 29.7 Å². The van der Waals surface area contributed by atoms with Crippen molar-refractivity contribution in [3.05, 3.63) is 65.2 Å². The van der Waals surface area contributed by atoms with Crippen molar-refractivity contribution in [3.63, 3.8) is 0 Å². The Balaban J connectivity index is 1.51. The Kier molecular flexibility index (Phi) is 3.37. The van der Waals surface area contributed by atoms with Gasteiger partial charge in [-0.25, -0.2) is 4.90 Å². The first-order valence-corrected chi connectivity index (χ1v) is 9.56. The van der Waals surface area contributed by atoms with Gasteiger partial charge in [-0.05, 0) is 61.6 Å². The minimum absolute atomic E-state index is 0.0279. The van der Waals surface area contributed by atoms with Crippen LogP contribution in [-0.2, 0) is 9.59 Å². The number of carbonyl (C=O) groups is 2. The minimum Gasteiger partial charge on any atom is -0.274 e. The number of nitrogens with zero attached hydrogens (tertiary/aromatic N) is 1. The quantitative estimate of drug-likeness (QED) is 0.764. The maximum atomic E-state index is 13.3. The molecule has 1 heterocycles. The van der Waals surface area contributed by atoms with Crippen LogP contribution in [0.5, 0.6) is 0 Å². The largest absolute Gasteiger partial charge is 0.274 e. The van der Waals surface area contributed by atoms with Crippen LogP contribution in [0.4, 0.5) is 5.69 Å². The summed E-state index contributed by atoms with van der Waals surface area (Å²) in [6, 6.07) is 16.5. The number of anilines is 1. The zero-order chi connectivity index (χ0) is 18.0. The van der Waals surface area contributed by atoms with Gasteiger partial charge in [0.15, 0.2) is 0 Å². The van der Waals surface area contributed by atoms with E-state index in [1.807, 2.05) is 38.1 Å². The lowest BCUT2D eigenvalue weighted by Crippen LogP contribution is -2.33. The number of hydrogen-bond acceptors (Lipinski definition) is 2. The molecule has 3 aliphatic rings. The Labute approximate surface area is 154 Å². The van der Waals surface area contributed by atoms with Gasteiger partial charge in [-0.1, -0.05) is 48.0 Å². The van der Waals surface area contributed by atoms with Crippen molar-refractivity contribution >= 4 is 17.5 Å². The smallest absolute Gasteiger partial charge is 0.238 e. The molecule has 5 rings (SSSR count). The van der Waals surface area contributed by atoms with Gasteiger partial charge in [0, 0.05) is 0 Å². The molecule has 2 aliphatic carbocycles. The third-order valence-electron chi connectivity index (χ3n) is 6.84. The molecular weight excluding hydrogens is 322 g/mol. The van der Waals surface area contributed by atoms with E-state index in [2.05, 4.69) is 24.3 Å². The average Bonchev–Trinajstić information content (AvgIpc) is 3.29. The number of benzene rings is 2. The molecule has 0 spiro atoms. The molecule has 0 radical (unpaired) electrons. The molecule has 0 N–H and O–H groups in total. The van der Waals surface area contributed by atoms with Crippen molar-refractivity contribution in [2.75, 3.05) is 4.90 Å². The van der Waals surface area contributed by atoms with Crippen LogP contribution < -0.4 is 4.90 Å². The van der Waals surface area contributed by atoms with Crippen LogP contribution in [0.1, 0.15) is 35.4 Å². The molecule has 1 aliphatic heterocycles. The normalized spacial score (nSPS) is 32.4. The Bertz CT molecular complexity index is 904. The Morgan fingerprint density at radius 2 is 1.62 bits per heavy atom. The fraction of sp³-hybridized carbons (Fsp3) is 0.391. The first-order valence-electron chi connectivity index (χ1n) is 9.56. The van der Waals surface area contributed by atoms with Crippen molar-refractivity contribution < 1.29 is 9.59 Å². The molecule has 2 saturated carbocycles. The van der Waals surface area contributed by atoms with E-state index < -0.39 is 0 Å². The van der Waals surface area contributed by atoms with E-state index in [0.29, 0.717) is 17.8 Å². The van der Waals surface area contributed by atoms with Gasteiger partial charge in [0.05, 0.1) is 17.5 Å². The highest BCUT2D eigenvalue weighted by Crippen LogP contribution is 2.61. The first kappa shape index (κ1) is 15.8. The van der Waals surface area contributed by atoms with Crippen LogP contribution in [0.3, 0.4) is 0 Å². The Morgan fingerprint density at radius 1 is 0.885 bits per heavy atom. The Hall–Kier alpha value is -2.42. The van der Waals surface area contributed by atoms with E-state index >= 15 is 0 Å². The second-order valence-corrected chi connectivity index (χ2v) is 8.27. The summed E-state index contributed by atoms with van der Waals surface area (Å²) in [5.74, 6) is 0.895. The van der Waals surface area contributed by atoms with Crippen molar-refractivity contribution in [1.82, 2.24) is 0 Å². The highest BCUT2D eigenvalue weighted by molar-refractivity contribution is 6.23. The molecule has 2 bridgehead atoms. The van der Waals surface area contributed by atoms with Crippen LogP contribution >= 0.6 is 0 Å². The monoisotopic (exact) mass is 345 g/mol. The molecule has 2 amide bonds. The van der Waals surface area contributed by atoms with Gasteiger partial charge >= 0.3 is 0 Å². The van der Waals surface area contributed by atoms with Gasteiger partial charge in [0.1, 0.15) is 0 Å². The maximum absolute atomic E-state index is 13.3. The van der Waals surface area contributed by atoms with Crippen molar-refractivity contribution in [2.24, 2.45) is 23.7 Å². The number of aryl methyl sites for hydroxylation is 2. The molecular formula is C23H23NO2. The zero-order valence-corrected chi connectivity index (χ0v) is 15.2. The molecule has 26 heavy (non-hydrogen) atoms. The number of rotatable bonds is 2. The summed E-state index contributed by atoms with van der Waals surface area (Å²) >= 11 is 0. The molecule has 0 aromatic heterocycles. The summed E-state index contributed by atoms with van der Waals surface area (Å²) in [6.07, 6.45) is 2.06. The van der Waals surface area contributed by atoms with E-state index in [-0.39, 0.29) is 23.7 Å². The summed E-state index contributed by atoms with van der Waals surface area (Å²) in [4.78, 5) is 28.0. The van der Waals surface area contributed by atoms with E-state index in [1.54, 1.807) is 0 Å². The van der Waals surface area contributed by atoms with Crippen molar-refractivity contribution in [2.45, 2.75) is 32.6 Å². The van der Waals surface area contributed by atoms with E-state index in [1.165, 1.54) is 10.5 Å². The topological polar surface area (TPSA) is 37.4 Å². The van der Waals surface area contributed by atoms with Gasteiger partial charge in [-0.3, -0.25) is 9.59 Å². The minimum atomic E-state index is -0.132. The summed E-state index contributed by atoms with van der Waals surface area (Å²) in [5.41, 5.74) is 4.24. The van der Waals surface area contributed by atoms with Crippen molar-refractivity contribution in [1.29, 1.82) is 0 Å². The number of imide groups is 1. The second-order valence-electron chi connectivity index (χ2n) is 8.27. The van der Waals surface area contributed by atoms with Gasteiger partial charge < -0.3 is 0 Å². The summed E-state index contributed by atoms with van der Waals surface area (Å²) in [6.45, 7) is 4.02. The number of amides is 2. The average molecular weight is 345 g/mol. The molecule has 132 valence electrons. The standard InChI is InChI=1S/C23H23NO2/c1-13-8-9-19(14(2)10-13)24-22(25)20-16-11-17(15-6-4-3-5-7-15)18(12-16)21(20)23(24)26/h3-10,16-18,20-21H,11-12H2,1-2H3/t16-,17-,18+,20+,21+/m0/s1. The molecule has 0 unspecified atom stereocenters. The van der Waals surface area contributed by atoms with Gasteiger partial charge in [0.25, 0.3) is 0 Å². The lowest BCUT2D eigenvalue weighted by Gasteiger charge is -2.28. The fourth-order valence-corrected chi connectivity index (χ4v) is 5.84. The zero-order valence-electron chi connectivity index (χ0n) is 15.2. The van der Waals surface area contributed by atoms with Crippen LogP contribution in [0.15, 0.2) is 48.5 Å². The highest BCUT2D eigenvalue weighted by atomic mass is 16.2. The SMILES string of the molecule is Cc1ccc(N2C(=O)[C@@H]3[C@@H]4C[C@@H]([C@H]3C2=O)[C@H](c2ccccc2)C4)c(C)c1. The number of carbonyl (C=O) groups excluding carboxylic acids is 2. The lowest BCUT2D eigenvalue weighted by atomic mass is 9.73. The molecule has 1 saturated heterocycles. The number of hydrogen-bond donors (Lipinski definition) is 0. The molecule has 2 aromatic rings. The fourth-order valence-electron chi connectivity index (χ4n) is 5.84. The van der Waals surface area contributed by atoms with Crippen LogP contribution in [0, 0.1) is 37.5 Å². The molecule has 3 heteroatoms. The van der Waals surface area contributed by atoms with Crippen LogP contribution in [0.25, 0.3) is 0 Å². The van der Waals surface area contributed by atoms with E-state index in [9.17, 15) is 9.59 Å². The second kappa shape index (κ2) is 5.54. The predicted molar refractivity (Wildman–Crippen MR) is 101 cm³/mol. The van der Waals surface area contributed by atoms with Gasteiger partial charge in [-0.15, -0.1) is 0 Å². The molecule has 3 fully saturated rings. The third-order valence-corrected chi connectivity index (χ3v) is 6.84. The maximum Gasteiger partial charge on any atom is 0.238 e. The third kappa shape index (κ3) is 2.06. The van der Waals surface area contributed by atoms with Crippen molar-refractivity contribution in [3.8, 4) is 0 Å². The molecule has 5 atom stereocenters. The lowest BCUT2D eigenvalue weighted by molar-refractivity contribution is -0.123. The van der Waals surface area contributed by atoms with Gasteiger partial charge in [0.2, 0.25) is 11.8 Å². The summed E-state index contributed by atoms with van der Waals surface area (Å²) < 4.78 is 0. The van der Waals surface area contributed by atoms with Crippen LogP contribution in [-0.4, -0.2) is 11.8 Å². The van der Waals surface area contributed by atoms with Gasteiger partial charge in [-0.2, -0.15) is 0 Å². The molecule has 3 nitrogen and oxygen atoms in total.